The summed E-state index contributed by atoms with van der Waals surface area (Å²) in [6.45, 7) is 2.36. The van der Waals surface area contributed by atoms with E-state index in [0.717, 1.165) is 12.8 Å². The van der Waals surface area contributed by atoms with Gasteiger partial charge < -0.3 is 5.32 Å². The molecule has 1 amide bonds. The molecule has 0 bridgehead atoms. The molecule has 0 saturated carbocycles. The standard InChI is InChI=1S/C23H26N2OS/c1-18(14-15-19-9-4-2-5-10-19)25-22(26)17-24-23(21-13-8-16-27-21)20-11-6-3-7-12-20/h2-13,16,18,23-24H,14-15,17H2,1H3,(H,25,26)/t18-,23+/m1/s1. The highest BCUT2D eigenvalue weighted by Crippen LogP contribution is 2.25. The molecule has 3 nitrogen and oxygen atoms in total. The predicted molar refractivity (Wildman–Crippen MR) is 113 cm³/mol. The van der Waals surface area contributed by atoms with E-state index in [1.807, 2.05) is 30.3 Å². The summed E-state index contributed by atoms with van der Waals surface area (Å²) >= 11 is 1.70. The smallest absolute Gasteiger partial charge is 0.234 e. The molecule has 1 heterocycles. The molecular weight excluding hydrogens is 352 g/mol. The largest absolute Gasteiger partial charge is 0.353 e. The maximum Gasteiger partial charge on any atom is 0.234 e. The molecule has 0 fully saturated rings. The molecule has 0 spiro atoms. The van der Waals surface area contributed by atoms with Gasteiger partial charge in [0.15, 0.2) is 0 Å². The van der Waals surface area contributed by atoms with Crippen molar-refractivity contribution < 1.29 is 4.79 Å². The van der Waals surface area contributed by atoms with Crippen molar-refractivity contribution in [2.45, 2.75) is 31.8 Å². The highest BCUT2D eigenvalue weighted by atomic mass is 32.1. The lowest BCUT2D eigenvalue weighted by Crippen LogP contribution is -2.40. The Morgan fingerprint density at radius 3 is 2.33 bits per heavy atom. The van der Waals surface area contributed by atoms with Crippen molar-refractivity contribution in [3.8, 4) is 0 Å². The van der Waals surface area contributed by atoms with E-state index in [0.29, 0.717) is 6.54 Å². The van der Waals surface area contributed by atoms with Crippen LogP contribution >= 0.6 is 11.3 Å². The second kappa shape index (κ2) is 10.0. The molecule has 2 atom stereocenters. The van der Waals surface area contributed by atoms with E-state index in [2.05, 4.69) is 65.4 Å². The van der Waals surface area contributed by atoms with Crippen LogP contribution in [0.3, 0.4) is 0 Å². The number of aryl methyl sites for hydroxylation is 1. The summed E-state index contributed by atoms with van der Waals surface area (Å²) < 4.78 is 0. The number of hydrogen-bond donors (Lipinski definition) is 2. The maximum absolute atomic E-state index is 12.4. The zero-order chi connectivity index (χ0) is 18.9. The molecule has 3 rings (SSSR count). The maximum atomic E-state index is 12.4. The zero-order valence-electron chi connectivity index (χ0n) is 15.6. The number of hydrogen-bond acceptors (Lipinski definition) is 3. The molecular formula is C23H26N2OS. The highest BCUT2D eigenvalue weighted by molar-refractivity contribution is 7.10. The first-order chi connectivity index (χ1) is 13.2. The fourth-order valence-corrected chi connectivity index (χ4v) is 3.93. The molecule has 27 heavy (non-hydrogen) atoms. The van der Waals surface area contributed by atoms with Crippen LogP contribution < -0.4 is 10.6 Å². The summed E-state index contributed by atoms with van der Waals surface area (Å²) in [6.07, 6.45) is 1.90. The Morgan fingerprint density at radius 1 is 0.963 bits per heavy atom. The van der Waals surface area contributed by atoms with Gasteiger partial charge in [-0.2, -0.15) is 0 Å². The van der Waals surface area contributed by atoms with E-state index in [4.69, 9.17) is 0 Å². The molecule has 1 aromatic heterocycles. The summed E-state index contributed by atoms with van der Waals surface area (Å²) in [7, 11) is 0. The second-order valence-corrected chi connectivity index (χ2v) is 7.71. The van der Waals surface area contributed by atoms with Gasteiger partial charge in [-0.15, -0.1) is 11.3 Å². The third-order valence-electron chi connectivity index (χ3n) is 4.54. The van der Waals surface area contributed by atoms with E-state index in [1.54, 1.807) is 11.3 Å². The van der Waals surface area contributed by atoms with Crippen molar-refractivity contribution in [1.29, 1.82) is 0 Å². The molecule has 0 aliphatic rings. The summed E-state index contributed by atoms with van der Waals surface area (Å²) in [6, 6.07) is 25.0. The Hall–Kier alpha value is -2.43. The predicted octanol–water partition coefficient (Wildman–Crippen LogP) is 4.56. The van der Waals surface area contributed by atoms with Crippen molar-refractivity contribution in [2.75, 3.05) is 6.54 Å². The van der Waals surface area contributed by atoms with Crippen LogP contribution in [-0.2, 0) is 11.2 Å². The molecule has 4 heteroatoms. The highest BCUT2D eigenvalue weighted by Gasteiger charge is 2.16. The van der Waals surface area contributed by atoms with Crippen LogP contribution in [0.1, 0.15) is 35.4 Å². The topological polar surface area (TPSA) is 41.1 Å². The lowest BCUT2D eigenvalue weighted by Gasteiger charge is -2.19. The van der Waals surface area contributed by atoms with E-state index < -0.39 is 0 Å². The SMILES string of the molecule is C[C@H](CCc1ccccc1)NC(=O)CN[C@@H](c1ccccc1)c1cccs1. The third-order valence-corrected chi connectivity index (χ3v) is 5.48. The average molecular weight is 379 g/mol. The van der Waals surface area contributed by atoms with Crippen LogP contribution in [0.2, 0.25) is 0 Å². The number of benzene rings is 2. The monoisotopic (exact) mass is 378 g/mol. The minimum atomic E-state index is 0.0352. The minimum absolute atomic E-state index is 0.0352. The molecule has 2 aromatic carbocycles. The van der Waals surface area contributed by atoms with Gasteiger partial charge >= 0.3 is 0 Å². The second-order valence-electron chi connectivity index (χ2n) is 6.73. The Labute approximate surface area is 165 Å². The molecule has 140 valence electrons. The molecule has 0 aliphatic heterocycles. The number of carbonyl (C=O) groups is 1. The summed E-state index contributed by atoms with van der Waals surface area (Å²) in [5.41, 5.74) is 2.48. The van der Waals surface area contributed by atoms with Gasteiger partial charge in [-0.1, -0.05) is 66.7 Å². The Kier molecular flexibility index (Phi) is 7.19. The lowest BCUT2D eigenvalue weighted by molar-refractivity contribution is -0.120. The number of thiophene rings is 1. The number of carbonyl (C=O) groups excluding carboxylic acids is 1. The Balaban J connectivity index is 1.50. The zero-order valence-corrected chi connectivity index (χ0v) is 16.4. The van der Waals surface area contributed by atoms with Crippen molar-refractivity contribution in [2.24, 2.45) is 0 Å². The van der Waals surface area contributed by atoms with Crippen LogP contribution in [0.15, 0.2) is 78.2 Å². The van der Waals surface area contributed by atoms with Gasteiger partial charge in [-0.25, -0.2) is 0 Å². The van der Waals surface area contributed by atoms with Gasteiger partial charge in [0.25, 0.3) is 0 Å². The number of amides is 1. The average Bonchev–Trinajstić information content (AvgIpc) is 3.23. The Bertz CT molecular complexity index is 803. The van der Waals surface area contributed by atoms with Crippen LogP contribution in [0.25, 0.3) is 0 Å². The quantitative estimate of drug-likeness (QED) is 0.573. The van der Waals surface area contributed by atoms with Crippen molar-refractivity contribution >= 4 is 17.2 Å². The molecule has 2 N–H and O–H groups in total. The van der Waals surface area contributed by atoms with Gasteiger partial charge in [0.2, 0.25) is 5.91 Å². The van der Waals surface area contributed by atoms with Crippen LogP contribution in [-0.4, -0.2) is 18.5 Å². The van der Waals surface area contributed by atoms with Crippen molar-refractivity contribution in [1.82, 2.24) is 10.6 Å². The van der Waals surface area contributed by atoms with Gasteiger partial charge in [0.05, 0.1) is 12.6 Å². The van der Waals surface area contributed by atoms with Crippen LogP contribution in [0, 0.1) is 0 Å². The molecule has 3 aromatic rings. The van der Waals surface area contributed by atoms with Gasteiger partial charge in [0.1, 0.15) is 0 Å². The number of nitrogens with one attached hydrogen (secondary N) is 2. The third kappa shape index (κ3) is 6.05. The first-order valence-corrected chi connectivity index (χ1v) is 10.3. The fourth-order valence-electron chi connectivity index (χ4n) is 3.10. The van der Waals surface area contributed by atoms with Gasteiger partial charge in [-0.05, 0) is 42.3 Å². The summed E-state index contributed by atoms with van der Waals surface area (Å²) in [5.74, 6) is 0.0352. The van der Waals surface area contributed by atoms with Crippen molar-refractivity contribution in [3.05, 3.63) is 94.2 Å². The first-order valence-electron chi connectivity index (χ1n) is 9.37. The van der Waals surface area contributed by atoms with Crippen molar-refractivity contribution in [3.63, 3.8) is 0 Å². The van der Waals surface area contributed by atoms with Crippen LogP contribution in [0.4, 0.5) is 0 Å². The lowest BCUT2D eigenvalue weighted by atomic mass is 10.1. The first kappa shape index (κ1) is 19.3. The Morgan fingerprint density at radius 2 is 1.67 bits per heavy atom. The van der Waals surface area contributed by atoms with Gasteiger partial charge in [-0.3, -0.25) is 10.1 Å². The van der Waals surface area contributed by atoms with Crippen LogP contribution in [0.5, 0.6) is 0 Å². The van der Waals surface area contributed by atoms with E-state index in [9.17, 15) is 4.79 Å². The van der Waals surface area contributed by atoms with E-state index in [-0.39, 0.29) is 18.0 Å². The van der Waals surface area contributed by atoms with E-state index >= 15 is 0 Å². The fraction of sp³-hybridized carbons (Fsp3) is 0.261. The molecule has 0 aliphatic carbocycles. The normalized spacial score (nSPS) is 13.1. The molecule has 0 saturated heterocycles. The minimum Gasteiger partial charge on any atom is -0.353 e. The molecule has 0 radical (unpaired) electrons. The summed E-state index contributed by atoms with van der Waals surface area (Å²) in [5, 5.41) is 8.59. The number of rotatable bonds is 9. The molecule has 0 unspecified atom stereocenters. The van der Waals surface area contributed by atoms with E-state index in [1.165, 1.54) is 16.0 Å². The summed E-state index contributed by atoms with van der Waals surface area (Å²) in [4.78, 5) is 13.6. The van der Waals surface area contributed by atoms with Gasteiger partial charge in [0, 0.05) is 10.9 Å².